The zero-order valence-electron chi connectivity index (χ0n) is 12.8. The topological polar surface area (TPSA) is 15.3 Å². The number of rotatable bonds is 9. The van der Waals surface area contributed by atoms with Crippen LogP contribution in [0.1, 0.15) is 53.4 Å². The van der Waals surface area contributed by atoms with Crippen molar-refractivity contribution in [1.82, 2.24) is 10.2 Å². The molecule has 0 amide bonds. The van der Waals surface area contributed by atoms with Crippen LogP contribution in [0.15, 0.2) is 0 Å². The van der Waals surface area contributed by atoms with E-state index in [0.29, 0.717) is 11.5 Å². The molecule has 2 saturated carbocycles. The Labute approximate surface area is 114 Å². The third-order valence-corrected chi connectivity index (χ3v) is 4.74. The van der Waals surface area contributed by atoms with Gasteiger partial charge in [0, 0.05) is 25.7 Å². The Morgan fingerprint density at radius 3 is 2.00 bits per heavy atom. The highest BCUT2D eigenvalue weighted by Gasteiger charge is 2.33. The summed E-state index contributed by atoms with van der Waals surface area (Å²) in [5.41, 5.74) is 0.375. The second-order valence-corrected chi connectivity index (χ2v) is 7.35. The normalized spacial score (nSPS) is 22.5. The fourth-order valence-corrected chi connectivity index (χ4v) is 2.83. The third kappa shape index (κ3) is 4.55. The van der Waals surface area contributed by atoms with Crippen molar-refractivity contribution in [3.05, 3.63) is 0 Å². The molecule has 0 aromatic carbocycles. The molecule has 2 aliphatic carbocycles. The van der Waals surface area contributed by atoms with E-state index in [0.717, 1.165) is 18.4 Å². The van der Waals surface area contributed by atoms with Crippen LogP contribution in [0.25, 0.3) is 0 Å². The molecule has 2 heteroatoms. The smallest absolute Gasteiger partial charge is 0.0102 e. The number of hydrogen-bond acceptors (Lipinski definition) is 2. The summed E-state index contributed by atoms with van der Waals surface area (Å²) in [5, 5.41) is 3.60. The van der Waals surface area contributed by atoms with Crippen molar-refractivity contribution >= 4 is 0 Å². The van der Waals surface area contributed by atoms with Crippen molar-refractivity contribution < 1.29 is 0 Å². The Balaban J connectivity index is 1.83. The van der Waals surface area contributed by atoms with E-state index >= 15 is 0 Å². The average molecular weight is 252 g/mol. The molecule has 0 saturated heterocycles. The summed E-state index contributed by atoms with van der Waals surface area (Å²) in [7, 11) is 0. The summed E-state index contributed by atoms with van der Waals surface area (Å²) in [4.78, 5) is 2.77. The Morgan fingerprint density at radius 2 is 1.61 bits per heavy atom. The second kappa shape index (κ2) is 5.92. The lowest BCUT2D eigenvalue weighted by Crippen LogP contribution is -2.47. The van der Waals surface area contributed by atoms with Crippen molar-refractivity contribution in [3.8, 4) is 0 Å². The predicted molar refractivity (Wildman–Crippen MR) is 78.8 cm³/mol. The molecule has 0 radical (unpaired) electrons. The fourth-order valence-electron chi connectivity index (χ4n) is 2.83. The van der Waals surface area contributed by atoms with Gasteiger partial charge in [0.2, 0.25) is 0 Å². The Morgan fingerprint density at radius 1 is 1.11 bits per heavy atom. The van der Waals surface area contributed by atoms with Gasteiger partial charge in [0.05, 0.1) is 0 Å². The predicted octanol–water partition coefficient (Wildman–Crippen LogP) is 3.13. The third-order valence-electron chi connectivity index (χ3n) is 4.74. The van der Waals surface area contributed by atoms with Gasteiger partial charge < -0.3 is 10.2 Å². The average Bonchev–Trinajstić information content (AvgIpc) is 3.13. The first-order valence-electron chi connectivity index (χ1n) is 7.97. The molecular formula is C16H32N2. The van der Waals surface area contributed by atoms with Crippen LogP contribution in [0.2, 0.25) is 0 Å². The minimum Gasteiger partial charge on any atom is -0.314 e. The van der Waals surface area contributed by atoms with E-state index in [9.17, 15) is 0 Å². The molecule has 0 aromatic rings. The van der Waals surface area contributed by atoms with Gasteiger partial charge in [-0.2, -0.15) is 0 Å². The van der Waals surface area contributed by atoms with Gasteiger partial charge in [0.1, 0.15) is 0 Å². The largest absolute Gasteiger partial charge is 0.314 e. The molecule has 2 fully saturated rings. The molecule has 0 heterocycles. The lowest BCUT2D eigenvalue weighted by molar-refractivity contribution is 0.134. The van der Waals surface area contributed by atoms with Crippen LogP contribution in [-0.2, 0) is 0 Å². The van der Waals surface area contributed by atoms with Crippen molar-refractivity contribution in [3.63, 3.8) is 0 Å². The van der Waals surface area contributed by atoms with Crippen molar-refractivity contribution in [2.24, 2.45) is 17.3 Å². The van der Waals surface area contributed by atoms with Crippen LogP contribution in [0.3, 0.4) is 0 Å². The Kier molecular flexibility index (Phi) is 4.71. The van der Waals surface area contributed by atoms with Gasteiger partial charge in [0.15, 0.2) is 0 Å². The van der Waals surface area contributed by atoms with Gasteiger partial charge in [-0.25, -0.2) is 0 Å². The van der Waals surface area contributed by atoms with E-state index in [1.54, 1.807) is 0 Å². The summed E-state index contributed by atoms with van der Waals surface area (Å²) in [6.07, 6.45) is 5.91. The first-order valence-corrected chi connectivity index (χ1v) is 7.97. The maximum atomic E-state index is 3.60. The molecule has 106 valence electrons. The van der Waals surface area contributed by atoms with Crippen LogP contribution >= 0.6 is 0 Å². The van der Waals surface area contributed by atoms with Gasteiger partial charge in [-0.15, -0.1) is 0 Å². The maximum absolute atomic E-state index is 3.60. The van der Waals surface area contributed by atoms with Crippen LogP contribution in [0.5, 0.6) is 0 Å². The first-order chi connectivity index (χ1) is 8.51. The summed E-state index contributed by atoms with van der Waals surface area (Å²) >= 11 is 0. The number of hydrogen-bond donors (Lipinski definition) is 1. The molecule has 2 aliphatic rings. The van der Waals surface area contributed by atoms with Crippen molar-refractivity contribution in [1.29, 1.82) is 0 Å². The Hall–Kier alpha value is -0.0800. The molecule has 1 unspecified atom stereocenters. The monoisotopic (exact) mass is 252 g/mol. The van der Waals surface area contributed by atoms with E-state index in [1.165, 1.54) is 45.3 Å². The van der Waals surface area contributed by atoms with Gasteiger partial charge in [-0.1, -0.05) is 20.8 Å². The van der Waals surface area contributed by atoms with Crippen LogP contribution in [0, 0.1) is 17.3 Å². The van der Waals surface area contributed by atoms with E-state index in [1.807, 2.05) is 0 Å². The van der Waals surface area contributed by atoms with Crippen molar-refractivity contribution in [2.45, 2.75) is 59.4 Å². The summed E-state index contributed by atoms with van der Waals surface area (Å²) < 4.78 is 0. The zero-order chi connectivity index (χ0) is 13.2. The van der Waals surface area contributed by atoms with Gasteiger partial charge in [-0.05, 0) is 56.4 Å². The quantitative estimate of drug-likeness (QED) is 0.678. The van der Waals surface area contributed by atoms with Crippen LogP contribution in [-0.4, -0.2) is 37.1 Å². The minimum absolute atomic E-state index is 0.375. The minimum atomic E-state index is 0.375. The maximum Gasteiger partial charge on any atom is 0.0102 e. The zero-order valence-corrected chi connectivity index (χ0v) is 12.8. The molecule has 0 aliphatic heterocycles. The highest BCUT2D eigenvalue weighted by atomic mass is 15.1. The SMILES string of the molecule is CCNC(C)C(C)(C)CN(CC1CC1)CC1CC1. The molecule has 2 rings (SSSR count). The van der Waals surface area contributed by atoms with E-state index in [-0.39, 0.29) is 0 Å². The molecule has 0 bridgehead atoms. The highest BCUT2D eigenvalue weighted by Crippen LogP contribution is 2.35. The summed E-state index contributed by atoms with van der Waals surface area (Å²) in [5.74, 6) is 2.04. The Bertz CT molecular complexity index is 240. The van der Waals surface area contributed by atoms with Gasteiger partial charge in [-0.3, -0.25) is 0 Å². The highest BCUT2D eigenvalue weighted by molar-refractivity contribution is 4.88. The lowest BCUT2D eigenvalue weighted by Gasteiger charge is -2.37. The fraction of sp³-hybridized carbons (Fsp3) is 1.00. The molecule has 18 heavy (non-hydrogen) atoms. The van der Waals surface area contributed by atoms with Crippen molar-refractivity contribution in [2.75, 3.05) is 26.2 Å². The molecule has 1 N–H and O–H groups in total. The van der Waals surface area contributed by atoms with E-state index in [4.69, 9.17) is 0 Å². The molecular weight excluding hydrogens is 220 g/mol. The molecule has 0 aromatic heterocycles. The van der Waals surface area contributed by atoms with Crippen LogP contribution < -0.4 is 5.32 Å². The van der Waals surface area contributed by atoms with Gasteiger partial charge in [0.25, 0.3) is 0 Å². The molecule has 1 atom stereocenters. The standard InChI is InChI=1S/C16H32N2/c1-5-17-13(2)16(3,4)12-18(10-14-6-7-14)11-15-8-9-15/h13-15,17H,5-12H2,1-4H3. The number of nitrogens with zero attached hydrogens (tertiary/aromatic N) is 1. The second-order valence-electron chi connectivity index (χ2n) is 7.35. The molecule has 0 spiro atoms. The summed E-state index contributed by atoms with van der Waals surface area (Å²) in [6.45, 7) is 14.5. The van der Waals surface area contributed by atoms with Gasteiger partial charge >= 0.3 is 0 Å². The van der Waals surface area contributed by atoms with E-state index in [2.05, 4.69) is 37.9 Å². The van der Waals surface area contributed by atoms with Crippen LogP contribution in [0.4, 0.5) is 0 Å². The molecule has 2 nitrogen and oxygen atoms in total. The lowest BCUT2D eigenvalue weighted by atomic mass is 9.84. The summed E-state index contributed by atoms with van der Waals surface area (Å²) in [6, 6.07) is 0.600. The number of nitrogens with one attached hydrogen (secondary N) is 1. The van der Waals surface area contributed by atoms with E-state index < -0.39 is 0 Å². The first kappa shape index (κ1) is 14.3.